The molecule has 0 atom stereocenters. The maximum atomic E-state index is 11.3. The second-order valence-corrected chi connectivity index (χ2v) is 6.46. The Morgan fingerprint density at radius 2 is 1.96 bits per heavy atom. The predicted octanol–water partition coefficient (Wildman–Crippen LogP) is 2.22. The van der Waals surface area contributed by atoms with E-state index in [1.165, 1.54) is 18.1 Å². The fraction of sp³-hybridized carbons (Fsp3) is 0.471. The van der Waals surface area contributed by atoms with Crippen LogP contribution >= 0.6 is 12.4 Å². The van der Waals surface area contributed by atoms with Crippen molar-refractivity contribution in [1.82, 2.24) is 20.8 Å². The Kier molecular flexibility index (Phi) is 5.62. The molecule has 6 nitrogen and oxygen atoms in total. The highest BCUT2D eigenvalue weighted by molar-refractivity contribution is 5.85. The van der Waals surface area contributed by atoms with Gasteiger partial charge in [0.05, 0.1) is 5.54 Å². The molecule has 1 aliphatic heterocycles. The van der Waals surface area contributed by atoms with Crippen LogP contribution in [0.3, 0.4) is 0 Å². The van der Waals surface area contributed by atoms with Crippen LogP contribution in [-0.2, 0) is 23.2 Å². The van der Waals surface area contributed by atoms with Gasteiger partial charge < -0.3 is 15.2 Å². The number of carbonyl (C=O) groups excluding carboxylic acids is 1. The maximum absolute atomic E-state index is 11.3. The van der Waals surface area contributed by atoms with Crippen molar-refractivity contribution in [3.05, 3.63) is 35.2 Å². The van der Waals surface area contributed by atoms with Gasteiger partial charge in [0.25, 0.3) is 5.89 Å². The van der Waals surface area contributed by atoms with Gasteiger partial charge in [0.15, 0.2) is 5.82 Å². The summed E-state index contributed by atoms with van der Waals surface area (Å²) in [6, 6.07) is 6.29. The van der Waals surface area contributed by atoms with Crippen LogP contribution in [0.2, 0.25) is 0 Å². The van der Waals surface area contributed by atoms with Crippen molar-refractivity contribution >= 4 is 18.3 Å². The van der Waals surface area contributed by atoms with E-state index in [0.29, 0.717) is 11.7 Å². The molecule has 1 aromatic carbocycles. The van der Waals surface area contributed by atoms with E-state index < -0.39 is 5.54 Å². The SMILES string of the molecule is CC(=O)NC(C)(C)c1noc(-c2ccc3c(c2)CCNCC3)n1.Cl. The molecule has 0 saturated carbocycles. The summed E-state index contributed by atoms with van der Waals surface area (Å²) in [5.41, 5.74) is 2.96. The molecule has 7 heteroatoms. The van der Waals surface area contributed by atoms with Crippen molar-refractivity contribution in [1.29, 1.82) is 0 Å². The van der Waals surface area contributed by atoms with E-state index in [2.05, 4.69) is 32.9 Å². The first-order chi connectivity index (χ1) is 11.0. The molecule has 0 spiro atoms. The van der Waals surface area contributed by atoms with Crippen molar-refractivity contribution in [2.24, 2.45) is 0 Å². The number of nitrogens with one attached hydrogen (secondary N) is 2. The van der Waals surface area contributed by atoms with E-state index in [0.717, 1.165) is 31.5 Å². The van der Waals surface area contributed by atoms with E-state index in [9.17, 15) is 4.79 Å². The lowest BCUT2D eigenvalue weighted by Gasteiger charge is -2.20. The van der Waals surface area contributed by atoms with Crippen LogP contribution in [0.15, 0.2) is 22.7 Å². The third-order valence-electron chi connectivity index (χ3n) is 4.07. The van der Waals surface area contributed by atoms with Gasteiger partial charge in [-0.1, -0.05) is 11.2 Å². The lowest BCUT2D eigenvalue weighted by molar-refractivity contribution is -0.120. The largest absolute Gasteiger partial charge is 0.344 e. The summed E-state index contributed by atoms with van der Waals surface area (Å²) >= 11 is 0. The van der Waals surface area contributed by atoms with E-state index in [1.54, 1.807) is 0 Å². The van der Waals surface area contributed by atoms with Crippen LogP contribution in [0.1, 0.15) is 37.7 Å². The molecular formula is C17H23ClN4O2. The van der Waals surface area contributed by atoms with Crippen LogP contribution < -0.4 is 10.6 Å². The highest BCUT2D eigenvalue weighted by atomic mass is 35.5. The van der Waals surface area contributed by atoms with Crippen molar-refractivity contribution in [2.75, 3.05) is 13.1 Å². The Morgan fingerprint density at radius 3 is 2.67 bits per heavy atom. The predicted molar refractivity (Wildman–Crippen MR) is 94.1 cm³/mol. The summed E-state index contributed by atoms with van der Waals surface area (Å²) in [6.07, 6.45) is 2.04. The first-order valence-electron chi connectivity index (χ1n) is 7.91. The minimum Gasteiger partial charge on any atom is -0.344 e. The van der Waals surface area contributed by atoms with Crippen molar-refractivity contribution in [3.63, 3.8) is 0 Å². The third-order valence-corrected chi connectivity index (χ3v) is 4.07. The lowest BCUT2D eigenvalue weighted by Crippen LogP contribution is -2.40. The summed E-state index contributed by atoms with van der Waals surface area (Å²) in [4.78, 5) is 15.8. The minimum absolute atomic E-state index is 0. The Bertz CT molecular complexity index is 727. The molecule has 0 radical (unpaired) electrons. The van der Waals surface area contributed by atoms with Crippen LogP contribution in [0.25, 0.3) is 11.5 Å². The fourth-order valence-corrected chi connectivity index (χ4v) is 2.90. The molecule has 24 heavy (non-hydrogen) atoms. The molecule has 1 aliphatic rings. The van der Waals surface area contributed by atoms with Gasteiger partial charge in [-0.05, 0) is 63.0 Å². The van der Waals surface area contributed by atoms with E-state index >= 15 is 0 Å². The molecule has 1 aromatic heterocycles. The zero-order chi connectivity index (χ0) is 16.4. The summed E-state index contributed by atoms with van der Waals surface area (Å²) in [7, 11) is 0. The smallest absolute Gasteiger partial charge is 0.258 e. The zero-order valence-corrected chi connectivity index (χ0v) is 15.0. The molecule has 2 aromatic rings. The molecule has 0 unspecified atom stereocenters. The van der Waals surface area contributed by atoms with Gasteiger partial charge in [0, 0.05) is 12.5 Å². The molecule has 130 valence electrons. The van der Waals surface area contributed by atoms with Gasteiger partial charge in [-0.2, -0.15) is 4.98 Å². The second kappa shape index (κ2) is 7.32. The fourth-order valence-electron chi connectivity index (χ4n) is 2.90. The first kappa shape index (κ1) is 18.4. The summed E-state index contributed by atoms with van der Waals surface area (Å²) in [5.74, 6) is 0.830. The summed E-state index contributed by atoms with van der Waals surface area (Å²) in [6.45, 7) is 7.18. The normalized spacial score (nSPS) is 14.3. The molecule has 0 bridgehead atoms. The number of nitrogens with zero attached hydrogens (tertiary/aromatic N) is 2. The average Bonchev–Trinajstić information content (AvgIpc) is 2.86. The number of rotatable bonds is 3. The topological polar surface area (TPSA) is 80.0 Å². The van der Waals surface area contributed by atoms with Gasteiger partial charge in [0.2, 0.25) is 5.91 Å². The highest BCUT2D eigenvalue weighted by Gasteiger charge is 2.28. The third kappa shape index (κ3) is 3.94. The van der Waals surface area contributed by atoms with E-state index in [4.69, 9.17) is 4.52 Å². The van der Waals surface area contributed by atoms with Gasteiger partial charge in [-0.25, -0.2) is 0 Å². The number of fused-ring (bicyclic) bond motifs is 1. The Labute approximate surface area is 147 Å². The number of carbonyl (C=O) groups is 1. The molecule has 2 N–H and O–H groups in total. The Hall–Kier alpha value is -1.92. The van der Waals surface area contributed by atoms with Crippen LogP contribution in [0, 0.1) is 0 Å². The monoisotopic (exact) mass is 350 g/mol. The Morgan fingerprint density at radius 1 is 1.25 bits per heavy atom. The standard InChI is InChI=1S/C17H22N4O2.ClH/c1-11(22)20-17(2,3)16-19-15(23-21-16)14-5-4-12-6-8-18-9-7-13(12)10-14;/h4-5,10,18H,6-9H2,1-3H3,(H,20,22);1H. The van der Waals surface area contributed by atoms with Gasteiger partial charge in [0.1, 0.15) is 0 Å². The average molecular weight is 351 g/mol. The number of halogens is 1. The molecule has 2 heterocycles. The quantitative estimate of drug-likeness (QED) is 0.887. The van der Waals surface area contributed by atoms with Gasteiger partial charge in [-0.3, -0.25) is 4.79 Å². The first-order valence-corrected chi connectivity index (χ1v) is 7.91. The van der Waals surface area contributed by atoms with Crippen molar-refractivity contribution in [2.45, 2.75) is 39.2 Å². The van der Waals surface area contributed by atoms with E-state index in [1.807, 2.05) is 19.9 Å². The highest BCUT2D eigenvalue weighted by Crippen LogP contribution is 2.25. The van der Waals surface area contributed by atoms with Crippen molar-refractivity contribution < 1.29 is 9.32 Å². The van der Waals surface area contributed by atoms with Crippen molar-refractivity contribution in [3.8, 4) is 11.5 Å². The zero-order valence-electron chi connectivity index (χ0n) is 14.2. The molecular weight excluding hydrogens is 328 g/mol. The number of aromatic nitrogens is 2. The van der Waals surface area contributed by atoms with Crippen LogP contribution in [0.4, 0.5) is 0 Å². The number of hydrogen-bond donors (Lipinski definition) is 2. The summed E-state index contributed by atoms with van der Waals surface area (Å²) < 4.78 is 5.41. The van der Waals surface area contributed by atoms with Crippen LogP contribution in [0.5, 0.6) is 0 Å². The second-order valence-electron chi connectivity index (χ2n) is 6.46. The molecule has 0 saturated heterocycles. The molecule has 1 amide bonds. The van der Waals surface area contributed by atoms with Gasteiger partial charge >= 0.3 is 0 Å². The number of amides is 1. The minimum atomic E-state index is -0.664. The molecule has 0 aliphatic carbocycles. The van der Waals surface area contributed by atoms with E-state index in [-0.39, 0.29) is 18.3 Å². The number of hydrogen-bond acceptors (Lipinski definition) is 5. The maximum Gasteiger partial charge on any atom is 0.258 e. The molecule has 0 fully saturated rings. The Balaban J connectivity index is 0.00000208. The number of benzene rings is 1. The lowest BCUT2D eigenvalue weighted by atomic mass is 10.00. The van der Waals surface area contributed by atoms with Crippen LogP contribution in [-0.4, -0.2) is 29.1 Å². The van der Waals surface area contributed by atoms with Gasteiger partial charge in [-0.15, -0.1) is 12.4 Å². The summed E-state index contributed by atoms with van der Waals surface area (Å²) in [5, 5.41) is 10.3. The molecule has 3 rings (SSSR count).